The van der Waals surface area contributed by atoms with E-state index in [0.29, 0.717) is 25.9 Å². The van der Waals surface area contributed by atoms with E-state index in [2.05, 4.69) is 33.0 Å². The molecule has 0 aromatic carbocycles. The van der Waals surface area contributed by atoms with Gasteiger partial charge < -0.3 is 33.7 Å². The zero-order chi connectivity index (χ0) is 46.4. The molecule has 0 heterocycles. The highest BCUT2D eigenvalue weighted by Crippen LogP contribution is 2.13. The highest BCUT2D eigenvalue weighted by Gasteiger charge is 2.21. The maximum absolute atomic E-state index is 12.8. The molecule has 64 heavy (non-hydrogen) atoms. The lowest BCUT2D eigenvalue weighted by Crippen LogP contribution is -2.31. The van der Waals surface area contributed by atoms with Crippen LogP contribution >= 0.6 is 12.4 Å². The summed E-state index contributed by atoms with van der Waals surface area (Å²) in [5.41, 5.74) is 0. The molecule has 0 aliphatic carbocycles. The largest absolute Gasteiger partial charge is 0.462 e. The van der Waals surface area contributed by atoms with Gasteiger partial charge in [0.2, 0.25) is 0 Å². The first-order chi connectivity index (χ1) is 30.6. The summed E-state index contributed by atoms with van der Waals surface area (Å²) < 4.78 is 32.8. The third-order valence-electron chi connectivity index (χ3n) is 10.7. The highest BCUT2D eigenvalue weighted by molar-refractivity contribution is 5.85. The maximum atomic E-state index is 12.8. The second-order valence-corrected chi connectivity index (χ2v) is 17.0. The van der Waals surface area contributed by atoms with Gasteiger partial charge >= 0.3 is 35.8 Å². The van der Waals surface area contributed by atoms with Crippen LogP contribution in [0.25, 0.3) is 0 Å². The van der Waals surface area contributed by atoms with Crippen molar-refractivity contribution in [3.05, 3.63) is 0 Å². The molecule has 0 unspecified atom stereocenters. The first kappa shape index (κ1) is 63.2. The monoisotopic (exact) mass is 934 g/mol. The Kier molecular flexibility index (Phi) is 47.4. The second kappa shape index (κ2) is 48.0. The number of hydrogen-bond donors (Lipinski definition) is 1. The lowest BCUT2D eigenvalue weighted by Gasteiger charge is -2.18. The van der Waals surface area contributed by atoms with E-state index < -0.39 is 24.1 Å². The highest BCUT2D eigenvalue weighted by atomic mass is 35.5. The van der Waals surface area contributed by atoms with Crippen LogP contribution in [0.5, 0.6) is 0 Å². The van der Waals surface area contributed by atoms with E-state index in [1.165, 1.54) is 25.7 Å². The van der Waals surface area contributed by atoms with Crippen LogP contribution in [0, 0.1) is 0 Å². The summed E-state index contributed by atoms with van der Waals surface area (Å²) in [4.78, 5) is 75.1. The van der Waals surface area contributed by atoms with Gasteiger partial charge in [-0.05, 0) is 51.6 Å². The molecule has 0 fully saturated rings. The normalized spacial score (nSPS) is 11.0. The minimum atomic E-state index is -0.894. The molecule has 13 nitrogen and oxygen atoms in total. The van der Waals surface area contributed by atoms with Gasteiger partial charge in [-0.15, -0.1) is 12.4 Å². The van der Waals surface area contributed by atoms with Crippen LogP contribution in [-0.2, 0) is 57.2 Å². The number of carbonyl (C=O) groups excluding carboxylic acids is 6. The Labute approximate surface area is 394 Å². The Morgan fingerprint density at radius 1 is 0.312 bits per heavy atom. The standard InChI is InChI=1S/C50H91NO12.ClH/c1-5-9-13-17-21-25-31-45(52)58-39-43(40-59-46(53)32-26-22-18-14-10-6-2)62-49(56)35-29-37-51-38-30-36-50(57)63-44(41-60-47(54)33-27-23-19-15-11-7-3)42-61-48(55)34-28-24-20-16-12-8-4;/h43-44,51H,5-42H2,1-4H3;1H. The van der Waals surface area contributed by atoms with Crippen LogP contribution in [-0.4, -0.2) is 87.5 Å². The Morgan fingerprint density at radius 3 is 0.781 bits per heavy atom. The van der Waals surface area contributed by atoms with Crippen LogP contribution in [0.1, 0.15) is 233 Å². The van der Waals surface area contributed by atoms with Crippen molar-refractivity contribution in [1.29, 1.82) is 0 Å². The molecule has 0 radical (unpaired) electrons. The summed E-state index contributed by atoms with van der Waals surface area (Å²) in [6.45, 7) is 8.90. The predicted octanol–water partition coefficient (Wildman–Crippen LogP) is 11.6. The van der Waals surface area contributed by atoms with Crippen molar-refractivity contribution in [1.82, 2.24) is 5.32 Å². The third kappa shape index (κ3) is 44.3. The fraction of sp³-hybridized carbons (Fsp3) is 0.880. The van der Waals surface area contributed by atoms with Crippen LogP contribution in [0.4, 0.5) is 0 Å². The van der Waals surface area contributed by atoms with Gasteiger partial charge in [0.05, 0.1) is 0 Å². The van der Waals surface area contributed by atoms with E-state index in [4.69, 9.17) is 28.4 Å². The van der Waals surface area contributed by atoms with E-state index in [1.54, 1.807) is 0 Å². The molecule has 0 aromatic heterocycles. The number of halogens is 1. The topological polar surface area (TPSA) is 170 Å². The molecule has 0 atom stereocenters. The summed E-state index contributed by atoms with van der Waals surface area (Å²) in [6, 6.07) is 0. The van der Waals surface area contributed by atoms with E-state index in [9.17, 15) is 28.8 Å². The molecule has 0 aliphatic rings. The average molecular weight is 935 g/mol. The molecule has 0 spiro atoms. The zero-order valence-electron chi connectivity index (χ0n) is 40.8. The SMILES string of the molecule is CCCCCCCCC(=O)OCC(COC(=O)CCCCCCCC)OC(=O)CCCNCCCC(=O)OC(COC(=O)CCCCCCCC)COC(=O)CCCCCCCC.Cl. The number of hydrogen-bond acceptors (Lipinski definition) is 13. The number of ether oxygens (including phenoxy) is 6. The zero-order valence-corrected chi connectivity index (χ0v) is 41.6. The first-order valence-electron chi connectivity index (χ1n) is 25.4. The molecule has 0 saturated carbocycles. The average Bonchev–Trinajstić information content (AvgIpc) is 3.27. The fourth-order valence-corrected chi connectivity index (χ4v) is 6.79. The molecular formula is C50H92ClNO12. The number of nitrogens with one attached hydrogen (secondary N) is 1. The predicted molar refractivity (Wildman–Crippen MR) is 254 cm³/mol. The van der Waals surface area contributed by atoms with Gasteiger partial charge in [0.1, 0.15) is 26.4 Å². The van der Waals surface area contributed by atoms with E-state index in [0.717, 1.165) is 128 Å². The molecule has 376 valence electrons. The van der Waals surface area contributed by atoms with Crippen LogP contribution in [0.3, 0.4) is 0 Å². The number of rotatable bonds is 46. The van der Waals surface area contributed by atoms with E-state index in [-0.39, 0.29) is 101 Å². The Bertz CT molecular complexity index is 1010. The van der Waals surface area contributed by atoms with E-state index in [1.807, 2.05) is 0 Å². The quantitative estimate of drug-likeness (QED) is 0.0348. The Morgan fingerprint density at radius 2 is 0.531 bits per heavy atom. The molecule has 1 N–H and O–H groups in total. The van der Waals surface area contributed by atoms with Crippen LogP contribution in [0.15, 0.2) is 0 Å². The van der Waals surface area contributed by atoms with Crippen molar-refractivity contribution in [3.8, 4) is 0 Å². The van der Waals surface area contributed by atoms with Gasteiger partial charge in [0.15, 0.2) is 12.2 Å². The third-order valence-corrected chi connectivity index (χ3v) is 10.7. The van der Waals surface area contributed by atoms with Gasteiger partial charge in [-0.3, -0.25) is 28.8 Å². The van der Waals surface area contributed by atoms with Gasteiger partial charge in [-0.1, -0.05) is 156 Å². The van der Waals surface area contributed by atoms with Gasteiger partial charge in [0.25, 0.3) is 0 Å². The van der Waals surface area contributed by atoms with Crippen molar-refractivity contribution in [2.24, 2.45) is 0 Å². The molecule has 0 aliphatic heterocycles. The summed E-state index contributed by atoms with van der Waals surface area (Å²) in [6.07, 6.45) is 25.6. The maximum Gasteiger partial charge on any atom is 0.306 e. The summed E-state index contributed by atoms with van der Waals surface area (Å²) in [5, 5.41) is 3.21. The van der Waals surface area contributed by atoms with Crippen molar-refractivity contribution in [2.45, 2.75) is 245 Å². The van der Waals surface area contributed by atoms with Crippen molar-refractivity contribution in [2.75, 3.05) is 39.5 Å². The lowest BCUT2D eigenvalue weighted by atomic mass is 10.1. The number of carbonyl (C=O) groups is 6. The van der Waals surface area contributed by atoms with Gasteiger partial charge in [-0.25, -0.2) is 0 Å². The molecule has 0 bridgehead atoms. The summed E-state index contributed by atoms with van der Waals surface area (Å²) in [7, 11) is 0. The number of esters is 6. The first-order valence-corrected chi connectivity index (χ1v) is 25.4. The van der Waals surface area contributed by atoms with Crippen molar-refractivity contribution in [3.63, 3.8) is 0 Å². The lowest BCUT2D eigenvalue weighted by molar-refractivity contribution is -0.167. The Balaban J connectivity index is 0. The van der Waals surface area contributed by atoms with Crippen molar-refractivity contribution < 1.29 is 57.2 Å². The molecule has 0 amide bonds. The molecule has 0 saturated heterocycles. The summed E-state index contributed by atoms with van der Waals surface area (Å²) in [5.74, 6) is -2.43. The number of unbranched alkanes of at least 4 members (excludes halogenated alkanes) is 20. The van der Waals surface area contributed by atoms with Crippen LogP contribution < -0.4 is 5.32 Å². The smallest absolute Gasteiger partial charge is 0.306 e. The second-order valence-electron chi connectivity index (χ2n) is 17.0. The molecule has 0 aromatic rings. The van der Waals surface area contributed by atoms with Crippen molar-refractivity contribution >= 4 is 48.2 Å². The fourth-order valence-electron chi connectivity index (χ4n) is 6.79. The molecular weight excluding hydrogens is 842 g/mol. The van der Waals surface area contributed by atoms with Gasteiger partial charge in [-0.2, -0.15) is 0 Å². The van der Waals surface area contributed by atoms with Crippen LogP contribution in [0.2, 0.25) is 0 Å². The Hall–Kier alpha value is -2.93. The molecule has 14 heteroatoms. The van der Waals surface area contributed by atoms with E-state index >= 15 is 0 Å². The van der Waals surface area contributed by atoms with Gasteiger partial charge in [0, 0.05) is 38.5 Å². The minimum Gasteiger partial charge on any atom is -0.462 e. The molecule has 0 rings (SSSR count). The minimum absolute atomic E-state index is 0. The summed E-state index contributed by atoms with van der Waals surface area (Å²) >= 11 is 0.